The molecule has 0 saturated carbocycles. The van der Waals surface area contributed by atoms with Crippen molar-refractivity contribution in [1.29, 1.82) is 0 Å². The van der Waals surface area contributed by atoms with Gasteiger partial charge in [0.15, 0.2) is 5.43 Å². The number of hydrogen-bond donors (Lipinski definition) is 0. The minimum Gasteiger partial charge on any atom is -0.378 e. The van der Waals surface area contributed by atoms with Gasteiger partial charge in [0.05, 0.1) is 37.8 Å². The lowest BCUT2D eigenvalue weighted by Crippen LogP contribution is -2.36. The Morgan fingerprint density at radius 3 is 1.55 bits per heavy atom. The van der Waals surface area contributed by atoms with Crippen LogP contribution in [0.2, 0.25) is 0 Å². The van der Waals surface area contributed by atoms with Crippen molar-refractivity contribution in [2.45, 2.75) is 0 Å². The summed E-state index contributed by atoms with van der Waals surface area (Å²) in [6, 6.07) is 6.04. The highest BCUT2D eigenvalue weighted by Crippen LogP contribution is 2.34. The molecule has 0 radical (unpaired) electrons. The smallest absolute Gasteiger partial charge is 0.196 e. The molecule has 29 heavy (non-hydrogen) atoms. The Kier molecular flexibility index (Phi) is 4.85. The van der Waals surface area contributed by atoms with Gasteiger partial charge in [-0.1, -0.05) is 0 Å². The van der Waals surface area contributed by atoms with Crippen LogP contribution in [0.4, 0.5) is 20.2 Å². The molecule has 2 aliphatic heterocycles. The van der Waals surface area contributed by atoms with Crippen LogP contribution in [0.15, 0.2) is 29.1 Å². The number of ether oxygens (including phenoxy) is 2. The molecule has 0 N–H and O–H groups in total. The molecule has 3 heterocycles. The maximum Gasteiger partial charge on any atom is 0.196 e. The summed E-state index contributed by atoms with van der Waals surface area (Å²) in [7, 11) is 0. The van der Waals surface area contributed by atoms with Gasteiger partial charge in [0.2, 0.25) is 0 Å². The number of morpholine rings is 2. The lowest BCUT2D eigenvalue weighted by atomic mass is 10.1. The number of fused-ring (bicyclic) bond motifs is 2. The first-order valence-electron chi connectivity index (χ1n) is 9.67. The van der Waals surface area contributed by atoms with E-state index in [1.54, 1.807) is 12.1 Å². The van der Waals surface area contributed by atoms with E-state index < -0.39 is 11.6 Å². The molecule has 0 amide bonds. The number of hydrogen-bond acceptors (Lipinski definition) is 6. The van der Waals surface area contributed by atoms with Crippen LogP contribution < -0.4 is 15.2 Å². The van der Waals surface area contributed by atoms with E-state index >= 15 is 0 Å². The minimum absolute atomic E-state index is 0.288. The minimum atomic E-state index is -0.437. The first-order chi connectivity index (χ1) is 14.1. The highest BCUT2D eigenvalue weighted by atomic mass is 32.1. The summed E-state index contributed by atoms with van der Waals surface area (Å²) in [5.74, 6) is -0.873. The molecule has 0 bridgehead atoms. The Morgan fingerprint density at radius 2 is 1.14 bits per heavy atom. The number of nitrogens with zero attached hydrogens (tertiary/aromatic N) is 2. The van der Waals surface area contributed by atoms with Gasteiger partial charge in [-0.2, -0.15) is 0 Å². The summed E-state index contributed by atoms with van der Waals surface area (Å²) in [6.45, 7) is 4.63. The second-order valence-electron chi connectivity index (χ2n) is 7.23. The molecule has 8 heteroatoms. The molecule has 2 saturated heterocycles. The summed E-state index contributed by atoms with van der Waals surface area (Å²) in [5.41, 5.74) is 0.617. The van der Waals surface area contributed by atoms with E-state index in [2.05, 4.69) is 0 Å². The van der Waals surface area contributed by atoms with Crippen molar-refractivity contribution < 1.29 is 18.3 Å². The summed E-state index contributed by atoms with van der Waals surface area (Å²) >= 11 is 1.39. The molecule has 2 aliphatic rings. The molecule has 3 aromatic rings. The van der Waals surface area contributed by atoms with Gasteiger partial charge in [-0.3, -0.25) is 4.79 Å². The molecule has 1 aromatic heterocycles. The highest BCUT2D eigenvalue weighted by molar-refractivity contribution is 7.24. The van der Waals surface area contributed by atoms with Gasteiger partial charge in [-0.15, -0.1) is 11.3 Å². The Bertz CT molecular complexity index is 1050. The third-order valence-electron chi connectivity index (χ3n) is 5.51. The summed E-state index contributed by atoms with van der Waals surface area (Å²) < 4.78 is 41.6. The van der Waals surface area contributed by atoms with Crippen molar-refractivity contribution in [3.8, 4) is 0 Å². The molecule has 5 nitrogen and oxygen atoms in total. The van der Waals surface area contributed by atoms with Crippen molar-refractivity contribution in [2.75, 3.05) is 62.4 Å². The van der Waals surface area contributed by atoms with E-state index in [1.807, 2.05) is 9.80 Å². The molecule has 0 spiro atoms. The lowest BCUT2D eigenvalue weighted by Gasteiger charge is -2.29. The first-order valence-corrected chi connectivity index (χ1v) is 10.5. The normalized spacial score (nSPS) is 18.0. The zero-order valence-corrected chi connectivity index (χ0v) is 16.6. The molecular weight excluding hydrogens is 398 g/mol. The van der Waals surface area contributed by atoms with Gasteiger partial charge in [-0.25, -0.2) is 8.78 Å². The first kappa shape index (κ1) is 18.7. The molecular formula is C21H20F2N2O3S. The largest absolute Gasteiger partial charge is 0.378 e. The monoisotopic (exact) mass is 418 g/mol. The van der Waals surface area contributed by atoms with Gasteiger partial charge in [0, 0.05) is 46.4 Å². The molecule has 0 aliphatic carbocycles. The quantitative estimate of drug-likeness (QED) is 0.597. The van der Waals surface area contributed by atoms with E-state index in [0.29, 0.717) is 73.4 Å². The Labute approximate surface area is 170 Å². The molecule has 2 fully saturated rings. The zero-order chi connectivity index (χ0) is 20.0. The van der Waals surface area contributed by atoms with Crippen molar-refractivity contribution in [3.63, 3.8) is 0 Å². The Morgan fingerprint density at radius 1 is 0.724 bits per heavy atom. The van der Waals surface area contributed by atoms with Crippen LogP contribution in [0.25, 0.3) is 20.2 Å². The van der Waals surface area contributed by atoms with Crippen LogP contribution in [0, 0.1) is 11.6 Å². The Balaban J connectivity index is 1.66. The fourth-order valence-corrected chi connectivity index (χ4v) is 5.07. The van der Waals surface area contributed by atoms with E-state index in [1.165, 1.54) is 23.5 Å². The average Bonchev–Trinajstić information content (AvgIpc) is 2.75. The third kappa shape index (κ3) is 3.35. The number of rotatable bonds is 2. The highest BCUT2D eigenvalue weighted by Gasteiger charge is 2.20. The molecule has 2 aromatic carbocycles. The average molecular weight is 418 g/mol. The Hall–Kier alpha value is -2.29. The lowest BCUT2D eigenvalue weighted by molar-refractivity contribution is 0.122. The second-order valence-corrected chi connectivity index (χ2v) is 8.31. The van der Waals surface area contributed by atoms with Gasteiger partial charge in [-0.05, 0) is 24.3 Å². The van der Waals surface area contributed by atoms with Crippen LogP contribution in [-0.4, -0.2) is 52.6 Å². The van der Waals surface area contributed by atoms with Gasteiger partial charge in [0.25, 0.3) is 0 Å². The fourth-order valence-electron chi connectivity index (χ4n) is 3.97. The van der Waals surface area contributed by atoms with Crippen LogP contribution >= 0.6 is 11.3 Å². The zero-order valence-electron chi connectivity index (χ0n) is 15.7. The fraction of sp³-hybridized carbons (Fsp3) is 0.381. The maximum absolute atomic E-state index is 14.8. The predicted octanol–water partition coefficient (Wildman–Crippen LogP) is 3.37. The van der Waals surface area contributed by atoms with Crippen LogP contribution in [0.5, 0.6) is 0 Å². The molecule has 0 atom stereocenters. The summed E-state index contributed by atoms with van der Waals surface area (Å²) in [6.07, 6.45) is 0. The topological polar surface area (TPSA) is 42.0 Å². The molecule has 5 rings (SSSR count). The number of anilines is 2. The molecule has 152 valence electrons. The second kappa shape index (κ2) is 7.51. The standard InChI is InChI=1S/C21H20F2N2O3S/c22-15-9-13-19(11-17(15)24-1-5-27-6-2-24)29-20-12-18(25-3-7-28-8-4-25)16(23)10-14(20)21(13)26/h9-12H,1-8H2. The van der Waals surface area contributed by atoms with E-state index in [4.69, 9.17) is 9.47 Å². The van der Waals surface area contributed by atoms with Crippen molar-refractivity contribution in [2.24, 2.45) is 0 Å². The predicted molar refractivity (Wildman–Crippen MR) is 112 cm³/mol. The van der Waals surface area contributed by atoms with Crippen molar-refractivity contribution >= 4 is 42.9 Å². The van der Waals surface area contributed by atoms with Crippen LogP contribution in [0.1, 0.15) is 0 Å². The van der Waals surface area contributed by atoms with Crippen molar-refractivity contribution in [3.05, 3.63) is 46.1 Å². The van der Waals surface area contributed by atoms with E-state index in [0.717, 1.165) is 0 Å². The number of benzene rings is 2. The maximum atomic E-state index is 14.8. The van der Waals surface area contributed by atoms with Crippen molar-refractivity contribution in [1.82, 2.24) is 0 Å². The SMILES string of the molecule is O=c1c2cc(F)c(N3CCOCC3)cc2sc2cc(N3CCOCC3)c(F)cc12. The van der Waals surface area contributed by atoms with E-state index in [-0.39, 0.29) is 16.2 Å². The van der Waals surface area contributed by atoms with E-state index in [9.17, 15) is 13.6 Å². The summed E-state index contributed by atoms with van der Waals surface area (Å²) in [5, 5.41) is 0.575. The van der Waals surface area contributed by atoms with Crippen LogP contribution in [-0.2, 0) is 9.47 Å². The molecule has 0 unspecified atom stereocenters. The number of halogens is 2. The van der Waals surface area contributed by atoms with Gasteiger partial charge in [0.1, 0.15) is 11.6 Å². The summed E-state index contributed by atoms with van der Waals surface area (Å²) in [4.78, 5) is 16.8. The van der Waals surface area contributed by atoms with Crippen LogP contribution in [0.3, 0.4) is 0 Å². The van der Waals surface area contributed by atoms with Gasteiger partial charge < -0.3 is 19.3 Å². The van der Waals surface area contributed by atoms with Gasteiger partial charge >= 0.3 is 0 Å². The third-order valence-corrected chi connectivity index (χ3v) is 6.63.